The molecule has 1 aliphatic carbocycles. The number of nitro groups is 1. The molecule has 2 atom stereocenters. The number of aliphatic hydroxyl groups excluding tert-OH is 1. The van der Waals surface area contributed by atoms with Crippen LogP contribution < -0.4 is 4.74 Å². The number of hydrogen-bond donors (Lipinski definition) is 1. The first-order valence-corrected chi connectivity index (χ1v) is 7.60. The molecule has 2 rings (SSSR count). The smallest absolute Gasteiger partial charge is 0.311 e. The van der Waals surface area contributed by atoms with E-state index in [1.807, 2.05) is 26.8 Å². The fraction of sp³-hybridized carbons (Fsp3) is 0.625. The van der Waals surface area contributed by atoms with Crippen molar-refractivity contribution in [3.05, 3.63) is 33.9 Å². The maximum atomic E-state index is 11.2. The predicted octanol–water partition coefficient (Wildman–Crippen LogP) is 3.48. The maximum Gasteiger partial charge on any atom is 0.311 e. The molecule has 1 N–H and O–H groups in total. The first kappa shape index (κ1) is 15.8. The Morgan fingerprint density at radius 3 is 2.52 bits per heavy atom. The third-order valence-electron chi connectivity index (χ3n) is 4.96. The second kappa shape index (κ2) is 6.02. The van der Waals surface area contributed by atoms with Crippen molar-refractivity contribution in [3.63, 3.8) is 0 Å². The molecule has 1 aromatic carbocycles. The van der Waals surface area contributed by atoms with Gasteiger partial charge in [0.15, 0.2) is 5.75 Å². The number of nitrogens with zero attached hydrogens (tertiary/aromatic N) is 1. The normalized spacial score (nSPS) is 23.4. The average molecular weight is 293 g/mol. The summed E-state index contributed by atoms with van der Waals surface area (Å²) in [5.41, 5.74) is 0.647. The quantitative estimate of drug-likeness (QED) is 0.644. The van der Waals surface area contributed by atoms with Gasteiger partial charge >= 0.3 is 5.69 Å². The third-order valence-corrected chi connectivity index (χ3v) is 4.96. The lowest BCUT2D eigenvalue weighted by molar-refractivity contribution is -0.386. The standard InChI is InChI=1S/C16H23NO4/c1-4-11-7-8-13(12(9-11)17(19)20)21-15-10-14(18)16(15,5-2)6-3/h7-9,14-15,18H,4-6,10H2,1-3H3. The molecule has 1 fully saturated rings. The van der Waals surface area contributed by atoms with E-state index in [9.17, 15) is 15.2 Å². The zero-order valence-corrected chi connectivity index (χ0v) is 12.8. The molecule has 0 amide bonds. The van der Waals surface area contributed by atoms with Gasteiger partial charge in [0.05, 0.1) is 11.0 Å². The largest absolute Gasteiger partial charge is 0.483 e. The summed E-state index contributed by atoms with van der Waals surface area (Å²) in [4.78, 5) is 10.8. The van der Waals surface area contributed by atoms with Crippen LogP contribution in [-0.4, -0.2) is 22.2 Å². The molecule has 0 aliphatic heterocycles. The molecule has 0 bridgehead atoms. The van der Waals surface area contributed by atoms with E-state index in [1.165, 1.54) is 0 Å². The molecule has 2 unspecified atom stereocenters. The van der Waals surface area contributed by atoms with Crippen molar-refractivity contribution in [2.45, 2.75) is 58.7 Å². The van der Waals surface area contributed by atoms with Gasteiger partial charge in [-0.05, 0) is 30.9 Å². The van der Waals surface area contributed by atoms with E-state index in [2.05, 4.69) is 0 Å². The van der Waals surface area contributed by atoms with Gasteiger partial charge in [-0.15, -0.1) is 0 Å². The Bertz CT molecular complexity index is 525. The average Bonchev–Trinajstić information content (AvgIpc) is 2.48. The second-order valence-corrected chi connectivity index (χ2v) is 5.71. The SMILES string of the molecule is CCc1ccc(OC2CC(O)C2(CC)CC)c([N+](=O)[O-])c1. The van der Waals surface area contributed by atoms with E-state index >= 15 is 0 Å². The van der Waals surface area contributed by atoms with E-state index in [0.29, 0.717) is 12.2 Å². The highest BCUT2D eigenvalue weighted by atomic mass is 16.6. The summed E-state index contributed by atoms with van der Waals surface area (Å²) in [5.74, 6) is 0.306. The van der Waals surface area contributed by atoms with Crippen LogP contribution in [0.2, 0.25) is 0 Å². The molecule has 116 valence electrons. The van der Waals surface area contributed by atoms with E-state index < -0.39 is 4.92 Å². The Balaban J connectivity index is 2.26. The Morgan fingerprint density at radius 1 is 1.38 bits per heavy atom. The van der Waals surface area contributed by atoms with E-state index in [0.717, 1.165) is 24.8 Å². The van der Waals surface area contributed by atoms with Crippen molar-refractivity contribution < 1.29 is 14.8 Å². The number of nitro benzene ring substituents is 1. The van der Waals surface area contributed by atoms with Gasteiger partial charge in [-0.3, -0.25) is 10.1 Å². The Hall–Kier alpha value is -1.62. The summed E-state index contributed by atoms with van der Waals surface area (Å²) in [6, 6.07) is 5.11. The monoisotopic (exact) mass is 293 g/mol. The lowest BCUT2D eigenvalue weighted by Gasteiger charge is -2.52. The zero-order valence-electron chi connectivity index (χ0n) is 12.8. The van der Waals surface area contributed by atoms with Gasteiger partial charge < -0.3 is 9.84 Å². The van der Waals surface area contributed by atoms with Crippen LogP contribution in [0.1, 0.15) is 45.6 Å². The van der Waals surface area contributed by atoms with Gasteiger partial charge in [0, 0.05) is 17.9 Å². The van der Waals surface area contributed by atoms with Crippen LogP contribution in [0.5, 0.6) is 5.75 Å². The number of aliphatic hydroxyl groups is 1. The molecule has 5 nitrogen and oxygen atoms in total. The highest BCUT2D eigenvalue weighted by Gasteiger charge is 2.54. The summed E-state index contributed by atoms with van der Waals surface area (Å²) in [6.07, 6.45) is 2.35. The topological polar surface area (TPSA) is 72.6 Å². The lowest BCUT2D eigenvalue weighted by Crippen LogP contribution is -2.59. The molecule has 21 heavy (non-hydrogen) atoms. The molecular weight excluding hydrogens is 270 g/mol. The minimum Gasteiger partial charge on any atom is -0.483 e. The van der Waals surface area contributed by atoms with Crippen molar-refractivity contribution >= 4 is 5.69 Å². The number of ether oxygens (including phenoxy) is 1. The van der Waals surface area contributed by atoms with Gasteiger partial charge in [-0.25, -0.2) is 0 Å². The molecule has 1 aromatic rings. The number of hydrogen-bond acceptors (Lipinski definition) is 4. The lowest BCUT2D eigenvalue weighted by atomic mass is 9.60. The molecule has 1 saturated carbocycles. The van der Waals surface area contributed by atoms with Crippen molar-refractivity contribution in [2.24, 2.45) is 5.41 Å². The summed E-state index contributed by atoms with van der Waals surface area (Å²) in [6.45, 7) is 6.01. The first-order valence-electron chi connectivity index (χ1n) is 7.60. The summed E-state index contributed by atoms with van der Waals surface area (Å²) < 4.78 is 5.91. The number of benzene rings is 1. The van der Waals surface area contributed by atoms with Gasteiger partial charge in [0.1, 0.15) is 6.10 Å². The fourth-order valence-electron chi connectivity index (χ4n) is 3.25. The van der Waals surface area contributed by atoms with E-state index in [-0.39, 0.29) is 23.3 Å². The number of rotatable bonds is 6. The van der Waals surface area contributed by atoms with Gasteiger partial charge in [0.2, 0.25) is 0 Å². The van der Waals surface area contributed by atoms with E-state index in [1.54, 1.807) is 12.1 Å². The van der Waals surface area contributed by atoms with Gasteiger partial charge in [-0.1, -0.05) is 26.8 Å². The molecular formula is C16H23NO4. The molecule has 0 spiro atoms. The van der Waals surface area contributed by atoms with E-state index in [4.69, 9.17) is 4.74 Å². The Kier molecular flexibility index (Phi) is 4.52. The molecule has 0 aromatic heterocycles. The van der Waals surface area contributed by atoms with Crippen LogP contribution in [0.4, 0.5) is 5.69 Å². The van der Waals surface area contributed by atoms with Gasteiger partial charge in [0.25, 0.3) is 0 Å². The van der Waals surface area contributed by atoms with Crippen molar-refractivity contribution in [3.8, 4) is 5.75 Å². The third kappa shape index (κ3) is 2.62. The van der Waals surface area contributed by atoms with Crippen molar-refractivity contribution in [2.75, 3.05) is 0 Å². The maximum absolute atomic E-state index is 11.2. The van der Waals surface area contributed by atoms with Crippen molar-refractivity contribution in [1.29, 1.82) is 0 Å². The van der Waals surface area contributed by atoms with Gasteiger partial charge in [-0.2, -0.15) is 0 Å². The van der Waals surface area contributed by atoms with Crippen LogP contribution in [0, 0.1) is 15.5 Å². The summed E-state index contributed by atoms with van der Waals surface area (Å²) in [5, 5.41) is 21.3. The number of aryl methyl sites for hydroxylation is 1. The minimum atomic E-state index is -0.400. The van der Waals surface area contributed by atoms with Crippen LogP contribution in [0.3, 0.4) is 0 Å². The molecule has 1 aliphatic rings. The summed E-state index contributed by atoms with van der Waals surface area (Å²) in [7, 11) is 0. The fourth-order valence-corrected chi connectivity index (χ4v) is 3.25. The van der Waals surface area contributed by atoms with Crippen LogP contribution in [-0.2, 0) is 6.42 Å². The predicted molar refractivity (Wildman–Crippen MR) is 80.5 cm³/mol. The minimum absolute atomic E-state index is 0.0110. The Morgan fingerprint density at radius 2 is 2.05 bits per heavy atom. The van der Waals surface area contributed by atoms with Crippen molar-refractivity contribution in [1.82, 2.24) is 0 Å². The molecule has 0 radical (unpaired) electrons. The van der Waals surface area contributed by atoms with Crippen LogP contribution in [0.25, 0.3) is 0 Å². The van der Waals surface area contributed by atoms with Crippen LogP contribution >= 0.6 is 0 Å². The highest BCUT2D eigenvalue weighted by molar-refractivity contribution is 5.49. The Labute approximate surface area is 125 Å². The molecule has 0 heterocycles. The highest BCUT2D eigenvalue weighted by Crippen LogP contribution is 2.49. The molecule has 5 heteroatoms. The second-order valence-electron chi connectivity index (χ2n) is 5.71. The summed E-state index contributed by atoms with van der Waals surface area (Å²) >= 11 is 0. The zero-order chi connectivity index (χ0) is 15.6. The van der Waals surface area contributed by atoms with Crippen LogP contribution in [0.15, 0.2) is 18.2 Å². The first-order chi connectivity index (χ1) is 9.98. The molecule has 0 saturated heterocycles.